The fourth-order valence-electron chi connectivity index (χ4n) is 3.39. The van der Waals surface area contributed by atoms with Crippen LogP contribution in [0.25, 0.3) is 0 Å². The molecule has 7 nitrogen and oxygen atoms in total. The van der Waals surface area contributed by atoms with Crippen LogP contribution in [0, 0.1) is 11.8 Å². The largest absolute Gasteiger partial charge is 0.379 e. The van der Waals surface area contributed by atoms with Crippen molar-refractivity contribution in [1.29, 1.82) is 0 Å². The lowest BCUT2D eigenvalue weighted by molar-refractivity contribution is 0.00752. The molecule has 25 heavy (non-hydrogen) atoms. The summed E-state index contributed by atoms with van der Waals surface area (Å²) >= 11 is 0. The van der Waals surface area contributed by atoms with Crippen molar-refractivity contribution in [2.24, 2.45) is 16.8 Å². The monoisotopic (exact) mass is 488 g/mol. The van der Waals surface area contributed by atoms with E-state index in [0.717, 1.165) is 45.2 Å². The van der Waals surface area contributed by atoms with Crippen LogP contribution in [0.1, 0.15) is 20.3 Å². The minimum atomic E-state index is -2.82. The third-order valence-electron chi connectivity index (χ3n) is 4.87. The number of hydrogen-bond acceptors (Lipinski definition) is 5. The maximum absolute atomic E-state index is 11.5. The first-order valence-electron chi connectivity index (χ1n) is 8.88. The molecular weight excluding hydrogens is 455 g/mol. The van der Waals surface area contributed by atoms with E-state index in [1.54, 1.807) is 7.05 Å². The Morgan fingerprint density at radius 3 is 2.48 bits per heavy atom. The van der Waals surface area contributed by atoms with Crippen LogP contribution in [0.5, 0.6) is 0 Å². The van der Waals surface area contributed by atoms with Gasteiger partial charge in [0.1, 0.15) is 0 Å². The molecule has 0 aliphatic carbocycles. The number of aliphatic imine (C=N–C) groups is 1. The Hall–Kier alpha value is -0.130. The normalized spacial score (nSPS) is 25.4. The van der Waals surface area contributed by atoms with Gasteiger partial charge in [0.25, 0.3) is 0 Å². The van der Waals surface area contributed by atoms with Crippen molar-refractivity contribution < 1.29 is 13.2 Å². The molecule has 148 valence electrons. The molecule has 2 heterocycles. The quantitative estimate of drug-likeness (QED) is 0.323. The van der Waals surface area contributed by atoms with Gasteiger partial charge in [-0.3, -0.25) is 9.89 Å². The molecule has 2 aliphatic rings. The minimum absolute atomic E-state index is 0. The van der Waals surface area contributed by atoms with E-state index in [0.29, 0.717) is 30.0 Å². The van der Waals surface area contributed by atoms with Crippen LogP contribution in [0.4, 0.5) is 0 Å². The van der Waals surface area contributed by atoms with Gasteiger partial charge in [-0.05, 0) is 18.3 Å². The maximum atomic E-state index is 11.5. The van der Waals surface area contributed by atoms with E-state index in [1.807, 2.05) is 0 Å². The molecule has 0 amide bonds. The zero-order valence-electron chi connectivity index (χ0n) is 15.5. The van der Waals surface area contributed by atoms with Crippen molar-refractivity contribution in [3.05, 3.63) is 0 Å². The summed E-state index contributed by atoms with van der Waals surface area (Å²) in [5.74, 6) is 2.08. The van der Waals surface area contributed by atoms with Crippen LogP contribution in [0.3, 0.4) is 0 Å². The smallest absolute Gasteiger partial charge is 0.191 e. The minimum Gasteiger partial charge on any atom is -0.379 e. The molecule has 0 radical (unpaired) electrons. The molecule has 2 saturated heterocycles. The van der Waals surface area contributed by atoms with Crippen molar-refractivity contribution in [3.63, 3.8) is 0 Å². The molecule has 0 aromatic carbocycles. The zero-order chi connectivity index (χ0) is 17.6. The molecule has 0 spiro atoms. The van der Waals surface area contributed by atoms with Crippen LogP contribution in [-0.2, 0) is 14.6 Å². The molecule has 2 N–H and O–H groups in total. The van der Waals surface area contributed by atoms with Gasteiger partial charge in [-0.1, -0.05) is 13.8 Å². The van der Waals surface area contributed by atoms with E-state index in [2.05, 4.69) is 34.4 Å². The Labute approximate surface area is 169 Å². The molecule has 2 atom stereocenters. The van der Waals surface area contributed by atoms with E-state index < -0.39 is 9.84 Å². The lowest BCUT2D eigenvalue weighted by Gasteiger charge is -2.37. The Morgan fingerprint density at radius 2 is 1.96 bits per heavy atom. The van der Waals surface area contributed by atoms with Crippen molar-refractivity contribution in [2.75, 3.05) is 57.9 Å². The molecule has 2 unspecified atom stereocenters. The number of guanidine groups is 1. The van der Waals surface area contributed by atoms with Gasteiger partial charge < -0.3 is 15.4 Å². The topological polar surface area (TPSA) is 83.0 Å². The standard InChI is InChI=1S/C16H32N4O3S.HI/c1-13(2)15(20-5-7-23-8-6-20)11-19-16(17-3)18-10-14-4-9-24(21,22)12-14;/h13-15H,4-12H2,1-3H3,(H2,17,18,19);1H. The highest BCUT2D eigenvalue weighted by Crippen LogP contribution is 2.17. The Morgan fingerprint density at radius 1 is 1.28 bits per heavy atom. The molecule has 2 rings (SSSR count). The van der Waals surface area contributed by atoms with E-state index in [9.17, 15) is 8.42 Å². The number of nitrogens with one attached hydrogen (secondary N) is 2. The summed E-state index contributed by atoms with van der Waals surface area (Å²) in [6.45, 7) is 9.48. The van der Waals surface area contributed by atoms with Crippen LogP contribution in [-0.4, -0.2) is 83.3 Å². The Balaban J connectivity index is 0.00000312. The first-order chi connectivity index (χ1) is 11.4. The van der Waals surface area contributed by atoms with E-state index >= 15 is 0 Å². The van der Waals surface area contributed by atoms with Gasteiger partial charge in [0.05, 0.1) is 24.7 Å². The average Bonchev–Trinajstić information content (AvgIpc) is 2.90. The van der Waals surface area contributed by atoms with Crippen LogP contribution in [0.15, 0.2) is 4.99 Å². The predicted octanol–water partition coefficient (Wildman–Crippen LogP) is 0.561. The summed E-state index contributed by atoms with van der Waals surface area (Å²) in [7, 11) is -1.07. The number of halogens is 1. The van der Waals surface area contributed by atoms with Gasteiger partial charge in [-0.2, -0.15) is 0 Å². The maximum Gasteiger partial charge on any atom is 0.191 e. The van der Waals surface area contributed by atoms with Crippen LogP contribution >= 0.6 is 24.0 Å². The SMILES string of the molecule is CN=C(NCC1CCS(=O)(=O)C1)NCC(C(C)C)N1CCOCC1.I. The molecular formula is C16H33IN4O3S. The van der Waals surface area contributed by atoms with Gasteiger partial charge in [0.2, 0.25) is 0 Å². The van der Waals surface area contributed by atoms with Gasteiger partial charge in [-0.25, -0.2) is 8.42 Å². The van der Waals surface area contributed by atoms with E-state index in [4.69, 9.17) is 4.74 Å². The first-order valence-corrected chi connectivity index (χ1v) is 10.7. The van der Waals surface area contributed by atoms with Gasteiger partial charge in [-0.15, -0.1) is 24.0 Å². The summed E-state index contributed by atoms with van der Waals surface area (Å²) in [5, 5.41) is 6.68. The zero-order valence-corrected chi connectivity index (χ0v) is 18.7. The van der Waals surface area contributed by atoms with Crippen molar-refractivity contribution in [3.8, 4) is 0 Å². The van der Waals surface area contributed by atoms with Crippen molar-refractivity contribution in [1.82, 2.24) is 15.5 Å². The van der Waals surface area contributed by atoms with E-state index in [1.165, 1.54) is 0 Å². The van der Waals surface area contributed by atoms with Crippen LogP contribution in [0.2, 0.25) is 0 Å². The lowest BCUT2D eigenvalue weighted by Crippen LogP contribution is -2.52. The molecule has 2 fully saturated rings. The highest BCUT2D eigenvalue weighted by molar-refractivity contribution is 14.0. The lowest BCUT2D eigenvalue weighted by atomic mass is 10.0. The van der Waals surface area contributed by atoms with Gasteiger partial charge in [0.15, 0.2) is 15.8 Å². The third kappa shape index (κ3) is 7.56. The Bertz CT molecular complexity index is 521. The number of rotatable bonds is 6. The number of morpholine rings is 1. The van der Waals surface area contributed by atoms with Crippen molar-refractivity contribution >= 4 is 39.8 Å². The third-order valence-corrected chi connectivity index (χ3v) is 6.71. The average molecular weight is 488 g/mol. The first kappa shape index (κ1) is 22.9. The summed E-state index contributed by atoms with van der Waals surface area (Å²) in [6.07, 6.45) is 0.745. The molecule has 0 bridgehead atoms. The fourth-order valence-corrected chi connectivity index (χ4v) is 5.25. The number of nitrogens with zero attached hydrogens (tertiary/aromatic N) is 2. The second-order valence-electron chi connectivity index (χ2n) is 7.06. The Kier molecular flexibility index (Phi) is 9.97. The highest BCUT2D eigenvalue weighted by Gasteiger charge is 2.28. The van der Waals surface area contributed by atoms with Gasteiger partial charge >= 0.3 is 0 Å². The highest BCUT2D eigenvalue weighted by atomic mass is 127. The van der Waals surface area contributed by atoms with Gasteiger partial charge in [0, 0.05) is 39.3 Å². The number of sulfone groups is 1. The molecule has 0 aromatic rings. The van der Waals surface area contributed by atoms with Crippen molar-refractivity contribution in [2.45, 2.75) is 26.3 Å². The predicted molar refractivity (Wildman–Crippen MR) is 113 cm³/mol. The molecule has 0 aromatic heterocycles. The molecule has 0 saturated carbocycles. The summed E-state index contributed by atoms with van der Waals surface area (Å²) in [5.41, 5.74) is 0. The fraction of sp³-hybridized carbons (Fsp3) is 0.938. The number of ether oxygens (including phenoxy) is 1. The summed E-state index contributed by atoms with van der Waals surface area (Å²) < 4.78 is 28.5. The van der Waals surface area contributed by atoms with Crippen LogP contribution < -0.4 is 10.6 Å². The summed E-state index contributed by atoms with van der Waals surface area (Å²) in [6, 6.07) is 0.430. The molecule has 9 heteroatoms. The second kappa shape index (κ2) is 10.9. The second-order valence-corrected chi connectivity index (χ2v) is 9.29. The number of hydrogen-bond donors (Lipinski definition) is 2. The summed E-state index contributed by atoms with van der Waals surface area (Å²) in [4.78, 5) is 6.73. The molecule has 2 aliphatic heterocycles. The van der Waals surface area contributed by atoms with E-state index in [-0.39, 0.29) is 29.9 Å².